The number of aliphatic imine (C=N–C) groups is 1. The number of benzene rings is 3. The van der Waals surface area contributed by atoms with Crippen molar-refractivity contribution in [3.8, 4) is 22.6 Å². The first-order valence-corrected chi connectivity index (χ1v) is 22.1. The standard InChI is InChI=1S/C44H52ClN7O7S/c1-29-9-10-34(42-30(2)49-59-31(42)3)26-41(29)60(54,55)51-19-17-50(18-20-51)21-23-58-25-24-57-22-7-6-8-36(53)27-39-44-48-47-32(4)52(44)40-16-15-37(56-5)28-38(40)43(46-39)33-11-13-35(45)14-12-33/h9-16,26,28,39H,6-8,17-25,27H2,1-5H3/t39-/m0/s1. The molecule has 2 aliphatic heterocycles. The van der Waals surface area contributed by atoms with Gasteiger partial charge < -0.3 is 18.7 Å². The van der Waals surface area contributed by atoms with Crippen molar-refractivity contribution in [2.45, 2.75) is 64.3 Å². The molecule has 3 aromatic carbocycles. The van der Waals surface area contributed by atoms with Crippen molar-refractivity contribution in [3.63, 3.8) is 0 Å². The van der Waals surface area contributed by atoms with Crippen LogP contribution < -0.4 is 4.74 Å². The van der Waals surface area contributed by atoms with Crippen LogP contribution in [0.2, 0.25) is 5.02 Å². The zero-order chi connectivity index (χ0) is 42.4. The summed E-state index contributed by atoms with van der Waals surface area (Å²) in [5.74, 6) is 2.77. The number of hydrogen-bond acceptors (Lipinski definition) is 12. The van der Waals surface area contributed by atoms with Crippen molar-refractivity contribution < 1.29 is 31.9 Å². The summed E-state index contributed by atoms with van der Waals surface area (Å²) in [5, 5.41) is 13.5. The molecule has 4 heterocycles. The summed E-state index contributed by atoms with van der Waals surface area (Å²) in [4.78, 5) is 21.1. The molecule has 0 amide bonds. The van der Waals surface area contributed by atoms with E-state index >= 15 is 0 Å². The number of halogens is 1. The normalized spacial score (nSPS) is 16.0. The average Bonchev–Trinajstić information content (AvgIpc) is 3.76. The topological polar surface area (TPSA) is 154 Å². The largest absolute Gasteiger partial charge is 0.497 e. The highest BCUT2D eigenvalue weighted by molar-refractivity contribution is 7.89. The highest BCUT2D eigenvalue weighted by Gasteiger charge is 2.32. The van der Waals surface area contributed by atoms with Gasteiger partial charge in [-0.15, -0.1) is 10.2 Å². The van der Waals surface area contributed by atoms with Crippen molar-refractivity contribution in [1.82, 2.24) is 29.1 Å². The second-order valence-corrected chi connectivity index (χ2v) is 17.5. The molecule has 0 radical (unpaired) electrons. The fourth-order valence-corrected chi connectivity index (χ4v) is 9.60. The number of ketones is 1. The lowest BCUT2D eigenvalue weighted by Crippen LogP contribution is -2.49. The Bertz CT molecular complexity index is 2420. The van der Waals surface area contributed by atoms with E-state index in [1.807, 2.05) is 86.9 Å². The molecule has 5 aromatic rings. The summed E-state index contributed by atoms with van der Waals surface area (Å²) in [6, 6.07) is 18.3. The van der Waals surface area contributed by atoms with Crippen LogP contribution in [-0.4, -0.2) is 115 Å². The van der Waals surface area contributed by atoms with Crippen LogP contribution in [-0.2, 0) is 24.3 Å². The minimum absolute atomic E-state index is 0.0920. The Balaban J connectivity index is 0.818. The second kappa shape index (κ2) is 19.3. The van der Waals surface area contributed by atoms with Crippen molar-refractivity contribution >= 4 is 33.1 Å². The smallest absolute Gasteiger partial charge is 0.243 e. The van der Waals surface area contributed by atoms with Crippen LogP contribution in [0.1, 0.15) is 71.5 Å². The maximum absolute atomic E-state index is 13.7. The van der Waals surface area contributed by atoms with E-state index in [9.17, 15) is 13.2 Å². The van der Waals surface area contributed by atoms with E-state index in [4.69, 9.17) is 35.3 Å². The van der Waals surface area contributed by atoms with Gasteiger partial charge in [0.15, 0.2) is 5.82 Å². The minimum atomic E-state index is -3.67. The number of nitrogens with zero attached hydrogens (tertiary/aromatic N) is 7. The van der Waals surface area contributed by atoms with Crippen molar-refractivity contribution in [1.29, 1.82) is 0 Å². The number of unbranched alkanes of at least 4 members (excludes halogenated alkanes) is 1. The lowest BCUT2D eigenvalue weighted by Gasteiger charge is -2.34. The van der Waals surface area contributed by atoms with E-state index in [0.717, 1.165) is 45.8 Å². The molecule has 318 valence electrons. The molecule has 7 rings (SSSR count). The molecule has 0 spiro atoms. The molecule has 60 heavy (non-hydrogen) atoms. The minimum Gasteiger partial charge on any atom is -0.497 e. The Labute approximate surface area is 356 Å². The molecule has 0 aliphatic carbocycles. The van der Waals surface area contributed by atoms with Gasteiger partial charge in [0.1, 0.15) is 29.2 Å². The number of carbonyl (C=O) groups excluding carboxylic acids is 1. The predicted octanol–water partition coefficient (Wildman–Crippen LogP) is 6.88. The number of ether oxygens (including phenoxy) is 3. The zero-order valence-electron chi connectivity index (χ0n) is 34.8. The fourth-order valence-electron chi connectivity index (χ4n) is 7.80. The number of rotatable bonds is 18. The SMILES string of the molecule is COc1ccc2c(c1)C(c1ccc(Cl)cc1)=N[C@@H](CC(=O)CCCCOCCOCCN1CCN(S(=O)(=O)c3cc(-c4c(C)noc4C)ccc3C)CC1)c1nnc(C)n1-2. The van der Waals surface area contributed by atoms with E-state index < -0.39 is 16.1 Å². The van der Waals surface area contributed by atoms with Crippen LogP contribution in [0, 0.1) is 27.7 Å². The Morgan fingerprint density at radius 2 is 1.60 bits per heavy atom. The van der Waals surface area contributed by atoms with Gasteiger partial charge >= 0.3 is 0 Å². The highest BCUT2D eigenvalue weighted by atomic mass is 35.5. The Kier molecular flexibility index (Phi) is 13.9. The fraction of sp³-hybridized carbons (Fsp3) is 0.432. The molecule has 0 unspecified atom stereocenters. The van der Waals surface area contributed by atoms with Crippen molar-refractivity contribution in [3.05, 3.63) is 105 Å². The van der Waals surface area contributed by atoms with Crippen LogP contribution >= 0.6 is 11.6 Å². The lowest BCUT2D eigenvalue weighted by molar-refractivity contribution is -0.119. The Morgan fingerprint density at radius 1 is 0.867 bits per heavy atom. The first-order chi connectivity index (χ1) is 28.9. The predicted molar refractivity (Wildman–Crippen MR) is 229 cm³/mol. The molecular weight excluding hydrogens is 806 g/mol. The maximum Gasteiger partial charge on any atom is 0.243 e. The van der Waals surface area contributed by atoms with Crippen molar-refractivity contribution in [2.24, 2.45) is 4.99 Å². The molecule has 0 bridgehead atoms. The monoisotopic (exact) mass is 857 g/mol. The van der Waals surface area contributed by atoms with Crippen LogP contribution in [0.15, 0.2) is 75.1 Å². The van der Waals surface area contributed by atoms with Crippen LogP contribution in [0.3, 0.4) is 0 Å². The van der Waals surface area contributed by atoms with Gasteiger partial charge in [-0.05, 0) is 88.1 Å². The molecule has 2 aliphatic rings. The number of hydrogen-bond donors (Lipinski definition) is 0. The molecule has 2 aromatic heterocycles. The number of methoxy groups -OCH3 is 1. The van der Waals surface area contributed by atoms with E-state index in [-0.39, 0.29) is 12.2 Å². The first kappa shape index (κ1) is 43.3. The maximum atomic E-state index is 13.7. The van der Waals surface area contributed by atoms with Gasteiger partial charge in [0.2, 0.25) is 10.0 Å². The molecular formula is C44H52ClN7O7S. The highest BCUT2D eigenvalue weighted by Crippen LogP contribution is 2.35. The number of sulfonamides is 1. The third-order valence-electron chi connectivity index (χ3n) is 11.0. The van der Waals surface area contributed by atoms with Gasteiger partial charge in [0.25, 0.3) is 0 Å². The van der Waals surface area contributed by atoms with Gasteiger partial charge in [0, 0.05) is 73.9 Å². The molecule has 14 nitrogen and oxygen atoms in total. The summed E-state index contributed by atoms with van der Waals surface area (Å²) in [6.45, 7) is 12.1. The summed E-state index contributed by atoms with van der Waals surface area (Å²) in [7, 11) is -2.04. The molecule has 16 heteroatoms. The number of piperazine rings is 1. The van der Waals surface area contributed by atoms with E-state index in [2.05, 4.69) is 20.3 Å². The zero-order valence-corrected chi connectivity index (χ0v) is 36.4. The summed E-state index contributed by atoms with van der Waals surface area (Å²) in [6.07, 6.45) is 2.03. The molecule has 1 saturated heterocycles. The lowest BCUT2D eigenvalue weighted by atomic mass is 9.99. The van der Waals surface area contributed by atoms with Crippen LogP contribution in [0.4, 0.5) is 0 Å². The third kappa shape index (κ3) is 9.72. The Morgan fingerprint density at radius 3 is 2.32 bits per heavy atom. The van der Waals surface area contributed by atoms with E-state index in [0.29, 0.717) is 111 Å². The number of fused-ring (bicyclic) bond motifs is 3. The van der Waals surface area contributed by atoms with Gasteiger partial charge in [-0.3, -0.25) is 19.3 Å². The molecule has 0 saturated carbocycles. The number of aromatic nitrogens is 4. The quantitative estimate of drug-likeness (QED) is 0.0848. The first-order valence-electron chi connectivity index (χ1n) is 20.3. The summed E-state index contributed by atoms with van der Waals surface area (Å²) < 4.78 is 53.5. The molecule has 1 fully saturated rings. The van der Waals surface area contributed by atoms with Gasteiger partial charge in [-0.2, -0.15) is 4.31 Å². The van der Waals surface area contributed by atoms with Crippen LogP contribution in [0.5, 0.6) is 5.75 Å². The molecule has 0 N–H and O–H groups in total. The van der Waals surface area contributed by atoms with Crippen molar-refractivity contribution in [2.75, 3.05) is 66.3 Å². The number of carbonyl (C=O) groups is 1. The number of aryl methyl sites for hydroxylation is 4. The van der Waals surface area contributed by atoms with E-state index in [1.54, 1.807) is 17.5 Å². The van der Waals surface area contributed by atoms with Gasteiger partial charge in [-0.1, -0.05) is 41.0 Å². The van der Waals surface area contributed by atoms with Crippen LogP contribution in [0.25, 0.3) is 16.8 Å². The summed E-state index contributed by atoms with van der Waals surface area (Å²) in [5.41, 5.74) is 6.37. The average molecular weight is 858 g/mol. The summed E-state index contributed by atoms with van der Waals surface area (Å²) >= 11 is 6.23. The third-order valence-corrected chi connectivity index (χ3v) is 13.3. The Hall–Kier alpha value is -4.77. The number of Topliss-reactive ketones (excluding diaryl/α,β-unsaturated/α-hetero) is 1. The van der Waals surface area contributed by atoms with Gasteiger partial charge in [-0.25, -0.2) is 8.42 Å². The van der Waals surface area contributed by atoms with Gasteiger partial charge in [0.05, 0.1) is 48.9 Å². The van der Waals surface area contributed by atoms with E-state index in [1.165, 1.54) is 0 Å². The second-order valence-electron chi connectivity index (χ2n) is 15.2. The molecule has 1 atom stereocenters.